The first-order valence-electron chi connectivity index (χ1n) is 12.4. The first kappa shape index (κ1) is 19.5. The first-order chi connectivity index (χ1) is 17.8. The lowest BCUT2D eigenvalue weighted by molar-refractivity contribution is 0.880. The fourth-order valence-electron chi connectivity index (χ4n) is 6.16. The molecular weight excluding hydrogens is 438 g/mol. The molecule has 2 aliphatic rings. The Morgan fingerprint density at radius 3 is 1.89 bits per heavy atom. The Morgan fingerprint density at radius 1 is 0.500 bits per heavy atom. The van der Waals surface area contributed by atoms with Gasteiger partial charge in [-0.1, -0.05) is 79.4 Å². The van der Waals surface area contributed by atoms with Crippen LogP contribution in [0, 0.1) is 0 Å². The van der Waals surface area contributed by atoms with Gasteiger partial charge in [0.2, 0.25) is 0 Å². The largest absolute Gasteiger partial charge is 0.314 e. The summed E-state index contributed by atoms with van der Waals surface area (Å²) in [5.74, 6) is 0. The molecule has 0 N–H and O–H groups in total. The summed E-state index contributed by atoms with van der Waals surface area (Å²) in [5.41, 5.74) is 10.7. The predicted octanol–water partition coefficient (Wildman–Crippen LogP) is 8.43. The molecule has 2 aliphatic heterocycles. The Bertz CT molecular complexity index is 1780. The van der Waals surface area contributed by atoms with Crippen LogP contribution < -0.4 is 9.80 Å². The topological polar surface area (TPSA) is 11.4 Å². The minimum absolute atomic E-state index is 0.0215. The molecule has 0 fully saturated rings. The average Bonchev–Trinajstić information content (AvgIpc) is 3.55. The normalized spacial score (nSPS) is 16.0. The molecule has 3 heterocycles. The summed E-state index contributed by atoms with van der Waals surface area (Å²) in [5, 5.41) is 2.55. The Hall–Kier alpha value is -4.76. The van der Waals surface area contributed by atoms with Crippen LogP contribution in [0.5, 0.6) is 0 Å². The molecule has 1 unspecified atom stereocenters. The molecule has 1 aromatic heterocycles. The molecule has 170 valence electrons. The van der Waals surface area contributed by atoms with E-state index in [1.807, 2.05) is 0 Å². The molecule has 36 heavy (non-hydrogen) atoms. The van der Waals surface area contributed by atoms with Crippen LogP contribution >= 0.6 is 0 Å². The van der Waals surface area contributed by atoms with Gasteiger partial charge in [0.15, 0.2) is 0 Å². The van der Waals surface area contributed by atoms with Crippen LogP contribution in [0.3, 0.4) is 0 Å². The van der Waals surface area contributed by atoms with Crippen LogP contribution in [0.25, 0.3) is 33.1 Å². The second-order valence-electron chi connectivity index (χ2n) is 9.53. The number of nitrogens with zero attached hydrogens (tertiary/aromatic N) is 3. The van der Waals surface area contributed by atoms with Crippen LogP contribution in [0.1, 0.15) is 5.56 Å². The maximum absolute atomic E-state index is 4.56. The van der Waals surface area contributed by atoms with E-state index in [9.17, 15) is 0 Å². The highest BCUT2D eigenvalue weighted by atomic mass is 15.4. The second-order valence-corrected chi connectivity index (χ2v) is 9.53. The van der Waals surface area contributed by atoms with Crippen molar-refractivity contribution in [2.24, 2.45) is 0 Å². The van der Waals surface area contributed by atoms with Crippen molar-refractivity contribution in [1.29, 1.82) is 0 Å². The molecule has 3 nitrogen and oxygen atoms in total. The summed E-state index contributed by atoms with van der Waals surface area (Å²) in [7, 11) is 0. The molecule has 0 bridgehead atoms. The first-order valence-corrected chi connectivity index (χ1v) is 12.4. The molecule has 0 radical (unpaired) electrons. The number of fused-ring (bicyclic) bond motifs is 8. The molecular formula is C33H23N3. The lowest BCUT2D eigenvalue weighted by Gasteiger charge is -2.28. The summed E-state index contributed by atoms with van der Waals surface area (Å²) >= 11 is 0. The van der Waals surface area contributed by atoms with E-state index in [1.54, 1.807) is 0 Å². The van der Waals surface area contributed by atoms with Crippen LogP contribution in [-0.2, 0) is 0 Å². The van der Waals surface area contributed by atoms with Crippen molar-refractivity contribution >= 4 is 50.1 Å². The molecule has 1 atom stereocenters. The number of hydrogen-bond acceptors (Lipinski definition) is 2. The molecule has 0 saturated carbocycles. The van der Waals surface area contributed by atoms with E-state index in [4.69, 9.17) is 0 Å². The number of rotatable bonds is 2. The highest BCUT2D eigenvalue weighted by Gasteiger charge is 2.45. The van der Waals surface area contributed by atoms with Crippen LogP contribution in [0.4, 0.5) is 22.7 Å². The van der Waals surface area contributed by atoms with Crippen molar-refractivity contribution in [3.63, 3.8) is 0 Å². The third-order valence-electron chi connectivity index (χ3n) is 7.66. The van der Waals surface area contributed by atoms with E-state index in [0.29, 0.717) is 0 Å². The lowest BCUT2D eigenvalue weighted by atomic mass is 10.1. The molecule has 0 aliphatic carbocycles. The van der Waals surface area contributed by atoms with Crippen LogP contribution in [0.15, 0.2) is 128 Å². The fraction of sp³-hybridized carbons (Fsp3) is 0.0303. The minimum Gasteiger partial charge on any atom is -0.314 e. The van der Waals surface area contributed by atoms with Crippen molar-refractivity contribution in [2.75, 3.05) is 9.80 Å². The van der Waals surface area contributed by atoms with E-state index in [2.05, 4.69) is 142 Å². The zero-order valence-corrected chi connectivity index (χ0v) is 19.7. The molecule has 6 aromatic rings. The highest BCUT2D eigenvalue weighted by molar-refractivity contribution is 6.09. The van der Waals surface area contributed by atoms with Gasteiger partial charge in [0.05, 0.1) is 28.1 Å². The summed E-state index contributed by atoms with van der Waals surface area (Å²) < 4.78 is 2.39. The standard InChI is InChI=1S/C33H23N3/c1-22-25-13-5-8-16-28(25)36-31-20-19-24(21-32(31)35(33(22)36)23-11-3-2-4-12-23)34-29-17-9-6-14-26(29)27-15-7-10-18-30(27)34/h2-21,33H,1H2. The summed E-state index contributed by atoms with van der Waals surface area (Å²) in [6, 6.07) is 43.5. The van der Waals surface area contributed by atoms with Crippen LogP contribution in [0.2, 0.25) is 0 Å². The van der Waals surface area contributed by atoms with Gasteiger partial charge in [0, 0.05) is 27.7 Å². The Labute approximate surface area is 209 Å². The van der Waals surface area contributed by atoms with Gasteiger partial charge in [-0.3, -0.25) is 0 Å². The number of aromatic nitrogens is 1. The molecule has 0 saturated heterocycles. The maximum Gasteiger partial charge on any atom is 0.137 e. The minimum atomic E-state index is 0.0215. The third-order valence-corrected chi connectivity index (χ3v) is 7.66. The summed E-state index contributed by atoms with van der Waals surface area (Å²) in [6.45, 7) is 4.56. The highest BCUT2D eigenvalue weighted by Crippen LogP contribution is 2.56. The molecule has 0 spiro atoms. The Kier molecular flexibility index (Phi) is 3.87. The zero-order valence-electron chi connectivity index (χ0n) is 19.7. The van der Waals surface area contributed by atoms with Crippen molar-refractivity contribution < 1.29 is 0 Å². The molecule has 8 rings (SSSR count). The predicted molar refractivity (Wildman–Crippen MR) is 151 cm³/mol. The van der Waals surface area contributed by atoms with Crippen molar-refractivity contribution in [2.45, 2.75) is 6.17 Å². The van der Waals surface area contributed by atoms with E-state index in [0.717, 1.165) is 11.3 Å². The number of hydrogen-bond donors (Lipinski definition) is 0. The molecule has 3 heteroatoms. The van der Waals surface area contributed by atoms with Crippen LogP contribution in [-0.4, -0.2) is 10.7 Å². The SMILES string of the molecule is C=C1c2ccccc2N2c3ccc(-n4c5ccccc5c5ccccc54)cc3N(c3ccccc3)C12. The fourth-order valence-corrected chi connectivity index (χ4v) is 6.16. The van der Waals surface area contributed by atoms with E-state index in [1.165, 1.54) is 50.1 Å². The van der Waals surface area contributed by atoms with Gasteiger partial charge in [-0.25, -0.2) is 0 Å². The van der Waals surface area contributed by atoms with Crippen molar-refractivity contribution in [1.82, 2.24) is 4.57 Å². The summed E-state index contributed by atoms with van der Waals surface area (Å²) in [6.07, 6.45) is 0.0215. The molecule has 0 amide bonds. The smallest absolute Gasteiger partial charge is 0.137 e. The van der Waals surface area contributed by atoms with Crippen molar-refractivity contribution in [3.05, 3.63) is 133 Å². The third kappa shape index (κ3) is 2.47. The van der Waals surface area contributed by atoms with Gasteiger partial charge in [-0.15, -0.1) is 0 Å². The van der Waals surface area contributed by atoms with Gasteiger partial charge in [-0.05, 0) is 54.1 Å². The lowest BCUT2D eigenvalue weighted by Crippen LogP contribution is -2.34. The van der Waals surface area contributed by atoms with Crippen molar-refractivity contribution in [3.8, 4) is 5.69 Å². The Balaban J connectivity index is 1.41. The monoisotopic (exact) mass is 461 g/mol. The van der Waals surface area contributed by atoms with E-state index < -0.39 is 0 Å². The average molecular weight is 462 g/mol. The second kappa shape index (κ2) is 7.12. The van der Waals surface area contributed by atoms with Gasteiger partial charge in [0.1, 0.15) is 6.17 Å². The Morgan fingerprint density at radius 2 is 1.14 bits per heavy atom. The zero-order chi connectivity index (χ0) is 23.8. The van der Waals surface area contributed by atoms with Gasteiger partial charge in [-0.2, -0.15) is 0 Å². The number of para-hydroxylation sites is 4. The molecule has 5 aromatic carbocycles. The number of benzene rings is 5. The van der Waals surface area contributed by atoms with Gasteiger partial charge in [0.25, 0.3) is 0 Å². The van der Waals surface area contributed by atoms with Gasteiger partial charge < -0.3 is 14.4 Å². The van der Waals surface area contributed by atoms with E-state index in [-0.39, 0.29) is 6.17 Å². The van der Waals surface area contributed by atoms with Gasteiger partial charge >= 0.3 is 0 Å². The maximum atomic E-state index is 4.56. The summed E-state index contributed by atoms with van der Waals surface area (Å²) in [4.78, 5) is 4.88. The van der Waals surface area contributed by atoms with E-state index >= 15 is 0 Å². The quantitative estimate of drug-likeness (QED) is 0.256. The number of anilines is 4.